The van der Waals surface area contributed by atoms with E-state index in [0.29, 0.717) is 27.1 Å². The molecule has 2 heterocycles. The van der Waals surface area contributed by atoms with Gasteiger partial charge in [-0.1, -0.05) is 11.6 Å². The Kier molecular flexibility index (Phi) is 3.75. The maximum Gasteiger partial charge on any atom is 0.238 e. The fourth-order valence-electron chi connectivity index (χ4n) is 1.10. The van der Waals surface area contributed by atoms with Crippen molar-refractivity contribution in [3.63, 3.8) is 0 Å². The fourth-order valence-corrected chi connectivity index (χ4v) is 1.54. The van der Waals surface area contributed by atoms with Gasteiger partial charge in [0.2, 0.25) is 11.8 Å². The second-order valence-electron chi connectivity index (χ2n) is 3.04. The van der Waals surface area contributed by atoms with E-state index in [4.69, 9.17) is 16.3 Å². The van der Waals surface area contributed by atoms with E-state index in [-0.39, 0.29) is 0 Å². The highest BCUT2D eigenvalue weighted by Crippen LogP contribution is 2.28. The largest absolute Gasteiger partial charge is 0.436 e. The molecule has 0 spiro atoms. The van der Waals surface area contributed by atoms with Crippen LogP contribution in [0.3, 0.4) is 0 Å². The number of anilines is 1. The molecule has 0 radical (unpaired) electrons. The summed E-state index contributed by atoms with van der Waals surface area (Å²) in [5, 5.41) is 3.33. The molecule has 1 N–H and O–H groups in total. The molecule has 17 heavy (non-hydrogen) atoms. The highest BCUT2D eigenvalue weighted by molar-refractivity contribution is 9.10. The van der Waals surface area contributed by atoms with Gasteiger partial charge in [-0.05, 0) is 15.9 Å². The van der Waals surface area contributed by atoms with Gasteiger partial charge in [-0.3, -0.25) is 4.98 Å². The molecule has 2 aromatic rings. The number of nitrogens with zero attached hydrogens (tertiary/aromatic N) is 3. The van der Waals surface area contributed by atoms with Crippen LogP contribution in [0.15, 0.2) is 29.1 Å². The minimum atomic E-state index is 0.397. The SMILES string of the molecule is CNc1ncc(Br)c(Oc2cncc(Cl)c2)n1. The van der Waals surface area contributed by atoms with E-state index < -0.39 is 0 Å². The number of pyridine rings is 1. The van der Waals surface area contributed by atoms with Crippen LogP contribution in [0.2, 0.25) is 5.02 Å². The molecule has 0 amide bonds. The summed E-state index contributed by atoms with van der Waals surface area (Å²) >= 11 is 9.11. The smallest absolute Gasteiger partial charge is 0.238 e. The Hall–Kier alpha value is -1.40. The summed E-state index contributed by atoms with van der Waals surface area (Å²) < 4.78 is 6.20. The van der Waals surface area contributed by atoms with Gasteiger partial charge in [0.05, 0.1) is 21.9 Å². The van der Waals surface area contributed by atoms with Crippen LogP contribution in [-0.4, -0.2) is 22.0 Å². The van der Waals surface area contributed by atoms with E-state index >= 15 is 0 Å². The topological polar surface area (TPSA) is 59.9 Å². The number of halogens is 2. The minimum Gasteiger partial charge on any atom is -0.436 e. The Labute approximate surface area is 111 Å². The summed E-state index contributed by atoms with van der Waals surface area (Å²) in [7, 11) is 1.73. The Morgan fingerprint density at radius 3 is 2.88 bits per heavy atom. The Morgan fingerprint density at radius 1 is 1.35 bits per heavy atom. The quantitative estimate of drug-likeness (QED) is 0.943. The van der Waals surface area contributed by atoms with Crippen molar-refractivity contribution in [3.8, 4) is 11.6 Å². The lowest BCUT2D eigenvalue weighted by molar-refractivity contribution is 0.457. The van der Waals surface area contributed by atoms with E-state index in [1.54, 1.807) is 25.5 Å². The van der Waals surface area contributed by atoms with Crippen LogP contribution in [0.25, 0.3) is 0 Å². The van der Waals surface area contributed by atoms with Crippen molar-refractivity contribution in [1.29, 1.82) is 0 Å². The van der Waals surface area contributed by atoms with Crippen LogP contribution >= 0.6 is 27.5 Å². The number of ether oxygens (including phenoxy) is 1. The molecule has 0 saturated heterocycles. The standard InChI is InChI=1S/C10H8BrClN4O/c1-13-10-15-5-8(11)9(16-10)17-7-2-6(12)3-14-4-7/h2-5H,1H3,(H,13,15,16). The molecule has 2 rings (SSSR count). The second kappa shape index (κ2) is 5.29. The van der Waals surface area contributed by atoms with Crippen molar-refractivity contribution in [2.45, 2.75) is 0 Å². The van der Waals surface area contributed by atoms with Gasteiger partial charge in [-0.15, -0.1) is 0 Å². The summed E-state index contributed by atoms with van der Waals surface area (Å²) in [4.78, 5) is 12.1. The van der Waals surface area contributed by atoms with Crippen LogP contribution < -0.4 is 10.1 Å². The predicted molar refractivity (Wildman–Crippen MR) is 68.6 cm³/mol. The zero-order chi connectivity index (χ0) is 12.3. The Balaban J connectivity index is 2.29. The summed E-state index contributed by atoms with van der Waals surface area (Å²) in [6, 6.07) is 1.65. The fraction of sp³-hybridized carbons (Fsp3) is 0.100. The van der Waals surface area contributed by atoms with Crippen LogP contribution in [0.5, 0.6) is 11.6 Å². The summed E-state index contributed by atoms with van der Waals surface area (Å²) in [5.41, 5.74) is 0. The van der Waals surface area contributed by atoms with E-state index in [0.717, 1.165) is 0 Å². The van der Waals surface area contributed by atoms with Crippen LogP contribution in [0, 0.1) is 0 Å². The third-order valence-electron chi connectivity index (χ3n) is 1.83. The molecule has 0 aliphatic heterocycles. The molecule has 7 heteroatoms. The van der Waals surface area contributed by atoms with Crippen LogP contribution in [0.1, 0.15) is 0 Å². The predicted octanol–water partition coefficient (Wildman–Crippen LogP) is 3.12. The van der Waals surface area contributed by atoms with Crippen molar-refractivity contribution < 1.29 is 4.74 Å². The summed E-state index contributed by atoms with van der Waals surface area (Å²) in [6.07, 6.45) is 4.69. The van der Waals surface area contributed by atoms with E-state index in [1.807, 2.05) is 0 Å². The number of hydrogen-bond acceptors (Lipinski definition) is 5. The zero-order valence-corrected chi connectivity index (χ0v) is 11.2. The lowest BCUT2D eigenvalue weighted by Crippen LogP contribution is -1.98. The van der Waals surface area contributed by atoms with Crippen molar-refractivity contribution >= 4 is 33.5 Å². The minimum absolute atomic E-state index is 0.397. The Morgan fingerprint density at radius 2 is 2.18 bits per heavy atom. The summed E-state index contributed by atoms with van der Waals surface area (Å²) in [6.45, 7) is 0. The number of rotatable bonds is 3. The first-order valence-corrected chi connectivity index (χ1v) is 5.85. The average molecular weight is 316 g/mol. The van der Waals surface area contributed by atoms with E-state index in [1.165, 1.54) is 6.20 Å². The average Bonchev–Trinajstić information content (AvgIpc) is 2.32. The zero-order valence-electron chi connectivity index (χ0n) is 8.82. The van der Waals surface area contributed by atoms with Gasteiger partial charge in [0, 0.05) is 19.3 Å². The van der Waals surface area contributed by atoms with Crippen LogP contribution in [0.4, 0.5) is 5.95 Å². The molecular formula is C10H8BrClN4O. The molecule has 0 aliphatic carbocycles. The van der Waals surface area contributed by atoms with E-state index in [2.05, 4.69) is 36.2 Å². The lowest BCUT2D eigenvalue weighted by atomic mass is 10.4. The molecule has 0 aromatic carbocycles. The molecule has 0 atom stereocenters. The third kappa shape index (κ3) is 3.04. The maximum atomic E-state index is 5.81. The molecule has 0 aliphatic rings. The van der Waals surface area contributed by atoms with Gasteiger partial charge in [0.15, 0.2) is 0 Å². The molecular weight excluding hydrogens is 307 g/mol. The maximum absolute atomic E-state index is 5.81. The van der Waals surface area contributed by atoms with E-state index in [9.17, 15) is 0 Å². The molecule has 88 valence electrons. The van der Waals surface area contributed by atoms with Crippen molar-refractivity contribution in [3.05, 3.63) is 34.2 Å². The first kappa shape index (κ1) is 12.1. The number of aromatic nitrogens is 3. The number of hydrogen-bond donors (Lipinski definition) is 1. The molecule has 0 fully saturated rings. The number of nitrogens with one attached hydrogen (secondary N) is 1. The normalized spacial score (nSPS) is 10.1. The first-order valence-electron chi connectivity index (χ1n) is 4.68. The Bertz CT molecular complexity index is 537. The molecule has 0 unspecified atom stereocenters. The molecule has 5 nitrogen and oxygen atoms in total. The van der Waals surface area contributed by atoms with Gasteiger partial charge < -0.3 is 10.1 Å². The lowest BCUT2D eigenvalue weighted by Gasteiger charge is -2.07. The molecule has 0 saturated carbocycles. The summed E-state index contributed by atoms with van der Waals surface area (Å²) in [5.74, 6) is 1.38. The molecule has 2 aromatic heterocycles. The van der Waals surface area contributed by atoms with Crippen LogP contribution in [-0.2, 0) is 0 Å². The van der Waals surface area contributed by atoms with Gasteiger partial charge in [-0.2, -0.15) is 4.98 Å². The second-order valence-corrected chi connectivity index (χ2v) is 4.33. The monoisotopic (exact) mass is 314 g/mol. The van der Waals surface area contributed by atoms with Crippen molar-refractivity contribution in [2.75, 3.05) is 12.4 Å². The highest BCUT2D eigenvalue weighted by atomic mass is 79.9. The molecule has 0 bridgehead atoms. The highest BCUT2D eigenvalue weighted by Gasteiger charge is 2.07. The third-order valence-corrected chi connectivity index (χ3v) is 2.58. The van der Waals surface area contributed by atoms with Crippen molar-refractivity contribution in [1.82, 2.24) is 15.0 Å². The first-order chi connectivity index (χ1) is 8.19. The van der Waals surface area contributed by atoms with Crippen molar-refractivity contribution in [2.24, 2.45) is 0 Å². The van der Waals surface area contributed by atoms with Gasteiger partial charge >= 0.3 is 0 Å². The van der Waals surface area contributed by atoms with Gasteiger partial charge in [0.25, 0.3) is 0 Å². The van der Waals surface area contributed by atoms with Gasteiger partial charge in [-0.25, -0.2) is 4.98 Å². The van der Waals surface area contributed by atoms with Gasteiger partial charge in [0.1, 0.15) is 5.75 Å².